The molecule has 0 unspecified atom stereocenters. The average Bonchev–Trinajstić information content (AvgIpc) is 3.59. The van der Waals surface area contributed by atoms with Gasteiger partial charge in [-0.3, -0.25) is 9.59 Å². The van der Waals surface area contributed by atoms with Gasteiger partial charge in [0, 0.05) is 28.4 Å². The molecule has 5 heterocycles. The molecular formula is C25H19N3O4S. The number of nitrogens with zero attached hydrogens (tertiary/aromatic N) is 2. The standard InChI is InChI=1S/C25H19N3O4S/c29-22-11-27(15-7-8-33-12-15)25(30)19-10-17-16-3-1-2-4-18(16)26-23(17)24(28(19)22)14-5-6-20-21(9-14)32-13-31-20/h1-9,12,19,24,26H,10-11,13H2/t19-,24-/m1/s1. The molecule has 1 N–H and O–H groups in total. The van der Waals surface area contributed by atoms with E-state index < -0.39 is 12.1 Å². The third kappa shape index (κ3) is 2.67. The fourth-order valence-electron chi connectivity index (χ4n) is 5.32. The summed E-state index contributed by atoms with van der Waals surface area (Å²) in [6.07, 6.45) is 0.478. The van der Waals surface area contributed by atoms with Crippen molar-refractivity contribution in [2.24, 2.45) is 0 Å². The maximum atomic E-state index is 13.7. The van der Waals surface area contributed by atoms with Crippen molar-refractivity contribution in [1.82, 2.24) is 9.88 Å². The number of carbonyl (C=O) groups excluding carboxylic acids is 2. The number of aromatic amines is 1. The Bertz CT molecular complexity index is 1430. The van der Waals surface area contributed by atoms with E-state index in [0.29, 0.717) is 17.9 Å². The molecule has 4 aromatic rings. The number of H-pyrrole nitrogens is 1. The number of nitrogens with one attached hydrogen (secondary N) is 1. The third-order valence-corrected chi connectivity index (χ3v) is 7.46. The fraction of sp³-hybridized carbons (Fsp3) is 0.200. The van der Waals surface area contributed by atoms with Crippen LogP contribution in [0.1, 0.15) is 22.9 Å². The van der Waals surface area contributed by atoms with E-state index in [1.165, 1.54) is 11.3 Å². The highest BCUT2D eigenvalue weighted by Gasteiger charge is 2.48. The van der Waals surface area contributed by atoms with Crippen molar-refractivity contribution in [3.63, 3.8) is 0 Å². The van der Waals surface area contributed by atoms with E-state index in [1.807, 2.05) is 53.2 Å². The predicted octanol–water partition coefficient (Wildman–Crippen LogP) is 3.85. The van der Waals surface area contributed by atoms with Gasteiger partial charge in [0.05, 0.1) is 11.7 Å². The number of benzene rings is 2. The molecule has 2 aromatic heterocycles. The second-order valence-electron chi connectivity index (χ2n) is 8.50. The first-order valence-corrected chi connectivity index (χ1v) is 11.8. The van der Waals surface area contributed by atoms with Crippen LogP contribution in [0.25, 0.3) is 10.9 Å². The first kappa shape index (κ1) is 18.8. The van der Waals surface area contributed by atoms with E-state index in [2.05, 4.69) is 11.1 Å². The second-order valence-corrected chi connectivity index (χ2v) is 9.28. The van der Waals surface area contributed by atoms with E-state index >= 15 is 0 Å². The van der Waals surface area contributed by atoms with Gasteiger partial charge in [0.1, 0.15) is 12.6 Å². The molecule has 0 saturated carbocycles. The molecule has 164 valence electrons. The zero-order chi connectivity index (χ0) is 22.1. The summed E-state index contributed by atoms with van der Waals surface area (Å²) in [7, 11) is 0. The summed E-state index contributed by atoms with van der Waals surface area (Å²) >= 11 is 1.52. The van der Waals surface area contributed by atoms with Crippen LogP contribution in [-0.4, -0.2) is 41.1 Å². The molecule has 3 aliphatic heterocycles. The summed E-state index contributed by atoms with van der Waals surface area (Å²) in [5.74, 6) is 1.23. The summed E-state index contributed by atoms with van der Waals surface area (Å²) in [4.78, 5) is 34.2. The van der Waals surface area contributed by atoms with Crippen molar-refractivity contribution >= 4 is 39.7 Å². The molecule has 0 radical (unpaired) electrons. The molecular weight excluding hydrogens is 438 g/mol. The zero-order valence-corrected chi connectivity index (χ0v) is 18.3. The number of thiophene rings is 1. The van der Waals surface area contributed by atoms with E-state index in [1.54, 1.807) is 9.80 Å². The maximum Gasteiger partial charge on any atom is 0.250 e. The Hall–Kier alpha value is -3.78. The normalized spacial score (nSPS) is 21.5. The highest BCUT2D eigenvalue weighted by atomic mass is 32.1. The monoisotopic (exact) mass is 457 g/mol. The number of ether oxygens (including phenoxy) is 2. The molecule has 1 fully saturated rings. The van der Waals surface area contributed by atoms with Gasteiger partial charge in [-0.15, -0.1) is 0 Å². The molecule has 2 aromatic carbocycles. The van der Waals surface area contributed by atoms with Crippen molar-refractivity contribution in [1.29, 1.82) is 0 Å². The number of para-hydroxylation sites is 1. The lowest BCUT2D eigenvalue weighted by molar-refractivity contribution is -0.145. The number of carbonyl (C=O) groups is 2. The number of piperazine rings is 1. The van der Waals surface area contributed by atoms with E-state index in [-0.39, 0.29) is 25.2 Å². The van der Waals surface area contributed by atoms with Crippen LogP contribution >= 0.6 is 11.3 Å². The van der Waals surface area contributed by atoms with Gasteiger partial charge >= 0.3 is 0 Å². The van der Waals surface area contributed by atoms with Crippen LogP contribution in [0.3, 0.4) is 0 Å². The van der Waals surface area contributed by atoms with Crippen molar-refractivity contribution in [2.75, 3.05) is 18.2 Å². The van der Waals surface area contributed by atoms with Crippen LogP contribution in [0.15, 0.2) is 59.3 Å². The predicted molar refractivity (Wildman–Crippen MR) is 124 cm³/mol. The SMILES string of the molecule is O=C1[C@H]2Cc3c([nH]c4ccccc34)[C@@H](c3ccc4c(c3)OCO4)N2C(=O)CN1c1ccsc1. The molecule has 2 atom stereocenters. The molecule has 7 rings (SSSR count). The number of anilines is 1. The van der Waals surface area contributed by atoms with E-state index in [0.717, 1.165) is 33.4 Å². The van der Waals surface area contributed by atoms with Crippen molar-refractivity contribution in [3.05, 3.63) is 76.1 Å². The fourth-order valence-corrected chi connectivity index (χ4v) is 5.97. The lowest BCUT2D eigenvalue weighted by Crippen LogP contribution is -2.63. The highest BCUT2D eigenvalue weighted by Crippen LogP contribution is 2.45. The zero-order valence-electron chi connectivity index (χ0n) is 17.5. The minimum Gasteiger partial charge on any atom is -0.454 e. The molecule has 1 saturated heterocycles. The number of aromatic nitrogens is 1. The Morgan fingerprint density at radius 2 is 1.91 bits per heavy atom. The minimum atomic E-state index is -0.576. The van der Waals surface area contributed by atoms with E-state index in [4.69, 9.17) is 9.47 Å². The largest absolute Gasteiger partial charge is 0.454 e. The third-order valence-electron chi connectivity index (χ3n) is 6.79. The van der Waals surface area contributed by atoms with Gasteiger partial charge in [-0.2, -0.15) is 11.3 Å². The highest BCUT2D eigenvalue weighted by molar-refractivity contribution is 7.08. The van der Waals surface area contributed by atoms with Crippen LogP contribution < -0.4 is 14.4 Å². The lowest BCUT2D eigenvalue weighted by Gasteiger charge is -2.46. The summed E-state index contributed by atoms with van der Waals surface area (Å²) in [5.41, 5.74) is 4.71. The maximum absolute atomic E-state index is 13.7. The molecule has 7 nitrogen and oxygen atoms in total. The molecule has 0 spiro atoms. The molecule has 33 heavy (non-hydrogen) atoms. The summed E-state index contributed by atoms with van der Waals surface area (Å²) < 4.78 is 11.1. The Labute approximate surface area is 193 Å². The van der Waals surface area contributed by atoms with Crippen LogP contribution in [0, 0.1) is 0 Å². The Morgan fingerprint density at radius 3 is 2.79 bits per heavy atom. The minimum absolute atomic E-state index is 0.0304. The first-order chi connectivity index (χ1) is 16.2. The average molecular weight is 458 g/mol. The topological polar surface area (TPSA) is 74.9 Å². The molecule has 3 aliphatic rings. The van der Waals surface area contributed by atoms with Crippen molar-refractivity contribution in [3.8, 4) is 11.5 Å². The van der Waals surface area contributed by atoms with Gasteiger partial charge in [0.2, 0.25) is 12.7 Å². The Balaban J connectivity index is 1.42. The smallest absolute Gasteiger partial charge is 0.250 e. The molecule has 2 amide bonds. The van der Waals surface area contributed by atoms with Gasteiger partial charge in [0.15, 0.2) is 11.5 Å². The molecule has 8 heteroatoms. The summed E-state index contributed by atoms with van der Waals surface area (Å²) in [6, 6.07) is 14.7. The van der Waals surface area contributed by atoms with Crippen LogP contribution in [-0.2, 0) is 16.0 Å². The number of hydrogen-bond donors (Lipinski definition) is 1. The lowest BCUT2D eigenvalue weighted by atomic mass is 9.86. The first-order valence-electron chi connectivity index (χ1n) is 10.8. The number of rotatable bonds is 2. The van der Waals surface area contributed by atoms with Gasteiger partial charge < -0.3 is 24.3 Å². The summed E-state index contributed by atoms with van der Waals surface area (Å²) in [6.45, 7) is 0.211. The Kier molecular flexibility index (Phi) is 3.90. The van der Waals surface area contributed by atoms with Crippen LogP contribution in [0.5, 0.6) is 11.5 Å². The van der Waals surface area contributed by atoms with Gasteiger partial charge in [-0.1, -0.05) is 24.3 Å². The Morgan fingerprint density at radius 1 is 1.03 bits per heavy atom. The number of fused-ring (bicyclic) bond motifs is 5. The molecule has 0 aliphatic carbocycles. The molecule has 0 bridgehead atoms. The van der Waals surface area contributed by atoms with Crippen LogP contribution in [0.4, 0.5) is 5.69 Å². The van der Waals surface area contributed by atoms with Crippen LogP contribution in [0.2, 0.25) is 0 Å². The van der Waals surface area contributed by atoms with Crippen molar-refractivity contribution in [2.45, 2.75) is 18.5 Å². The second kappa shape index (κ2) is 6.86. The number of hydrogen-bond acceptors (Lipinski definition) is 5. The summed E-state index contributed by atoms with van der Waals surface area (Å²) in [5, 5.41) is 4.93. The van der Waals surface area contributed by atoms with Gasteiger partial charge in [0.25, 0.3) is 5.91 Å². The van der Waals surface area contributed by atoms with Crippen molar-refractivity contribution < 1.29 is 19.1 Å². The quantitative estimate of drug-likeness (QED) is 0.496. The van der Waals surface area contributed by atoms with Gasteiger partial charge in [-0.05, 0) is 40.8 Å². The van der Waals surface area contributed by atoms with E-state index in [9.17, 15) is 9.59 Å². The number of amides is 2. The van der Waals surface area contributed by atoms with Gasteiger partial charge in [-0.25, -0.2) is 0 Å².